The highest BCUT2D eigenvalue weighted by molar-refractivity contribution is 7.99. The fraction of sp³-hybridized carbons (Fsp3) is 0.214. The van der Waals surface area contributed by atoms with Crippen LogP contribution in [0, 0.1) is 26.6 Å². The lowest BCUT2D eigenvalue weighted by atomic mass is 10.2. The molecule has 0 amide bonds. The van der Waals surface area contributed by atoms with Crippen LogP contribution in [0.5, 0.6) is 0 Å². The van der Waals surface area contributed by atoms with Crippen LogP contribution in [-0.2, 0) is 0 Å². The van der Waals surface area contributed by atoms with Crippen LogP contribution in [0.15, 0.2) is 28.3 Å². The number of rotatable bonds is 3. The summed E-state index contributed by atoms with van der Waals surface area (Å²) in [7, 11) is 0. The summed E-state index contributed by atoms with van der Waals surface area (Å²) in [4.78, 5) is 19.8. The van der Waals surface area contributed by atoms with Crippen LogP contribution in [0.25, 0.3) is 0 Å². The van der Waals surface area contributed by atoms with Crippen LogP contribution in [0.2, 0.25) is 0 Å². The van der Waals surface area contributed by atoms with Gasteiger partial charge >= 0.3 is 0 Å². The number of nitrogens with zero attached hydrogens (tertiary/aromatic N) is 2. The van der Waals surface area contributed by atoms with Crippen LogP contribution in [0.4, 0.5) is 4.39 Å². The van der Waals surface area contributed by atoms with Gasteiger partial charge in [0.15, 0.2) is 11.4 Å². The molecule has 0 saturated heterocycles. The smallest absolute Gasteiger partial charge is 0.193 e. The van der Waals surface area contributed by atoms with E-state index in [4.69, 9.17) is 0 Å². The first-order valence-electron chi connectivity index (χ1n) is 5.76. The maximum Gasteiger partial charge on any atom is 0.193 e. The van der Waals surface area contributed by atoms with Crippen LogP contribution >= 0.6 is 11.8 Å². The predicted octanol–water partition coefficient (Wildman–Crippen LogP) is 3.50. The van der Waals surface area contributed by atoms with E-state index in [1.165, 1.54) is 12.1 Å². The molecule has 3 nitrogen and oxygen atoms in total. The average molecular weight is 276 g/mol. The van der Waals surface area contributed by atoms with Crippen molar-refractivity contribution in [2.75, 3.05) is 0 Å². The average Bonchev–Trinajstić information content (AvgIpc) is 2.38. The Labute approximate surface area is 115 Å². The molecule has 98 valence electrons. The Bertz CT molecular complexity index is 620. The zero-order valence-electron chi connectivity index (χ0n) is 10.9. The first-order chi connectivity index (χ1) is 9.02. The highest BCUT2D eigenvalue weighted by atomic mass is 32.2. The first kappa shape index (κ1) is 13.7. The second-order valence-corrected chi connectivity index (χ2v) is 5.16. The molecule has 19 heavy (non-hydrogen) atoms. The fourth-order valence-electron chi connectivity index (χ4n) is 1.60. The summed E-state index contributed by atoms with van der Waals surface area (Å²) in [5.74, 6) is -0.436. The van der Waals surface area contributed by atoms with Gasteiger partial charge in [-0.1, -0.05) is 12.1 Å². The van der Waals surface area contributed by atoms with Crippen molar-refractivity contribution in [1.82, 2.24) is 9.97 Å². The van der Waals surface area contributed by atoms with Gasteiger partial charge in [-0.25, -0.2) is 14.4 Å². The zero-order valence-corrected chi connectivity index (χ0v) is 11.7. The summed E-state index contributed by atoms with van der Waals surface area (Å²) < 4.78 is 13.8. The first-order valence-corrected chi connectivity index (χ1v) is 6.58. The maximum atomic E-state index is 13.8. The van der Waals surface area contributed by atoms with Crippen molar-refractivity contribution in [3.8, 4) is 0 Å². The van der Waals surface area contributed by atoms with Crippen molar-refractivity contribution in [2.45, 2.75) is 30.8 Å². The molecular weight excluding hydrogens is 263 g/mol. The lowest BCUT2D eigenvalue weighted by Gasteiger charge is -2.08. The standard InChI is InChI=1S/C14H13FN2OS/c1-8-9(2)16-14(17-10(8)3)19-13-11(7-18)5-4-6-12(13)15/h4-7H,1-3H3. The molecule has 0 aliphatic heterocycles. The van der Waals surface area contributed by atoms with Gasteiger partial charge in [-0.05, 0) is 44.2 Å². The number of hydrogen-bond donors (Lipinski definition) is 0. The van der Waals surface area contributed by atoms with Crippen LogP contribution in [0.1, 0.15) is 27.3 Å². The fourth-order valence-corrected chi connectivity index (χ4v) is 2.55. The third-order valence-corrected chi connectivity index (χ3v) is 3.93. The third kappa shape index (κ3) is 2.81. The predicted molar refractivity (Wildman–Crippen MR) is 72.2 cm³/mol. The molecule has 0 spiro atoms. The van der Waals surface area contributed by atoms with Crippen molar-refractivity contribution < 1.29 is 9.18 Å². The Hall–Kier alpha value is -1.75. The summed E-state index contributed by atoms with van der Waals surface area (Å²) in [6.07, 6.45) is 0.638. The Morgan fingerprint density at radius 1 is 1.16 bits per heavy atom. The summed E-state index contributed by atoms with van der Waals surface area (Å²) in [6, 6.07) is 4.41. The van der Waals surface area contributed by atoms with Crippen molar-refractivity contribution in [3.63, 3.8) is 0 Å². The number of carbonyl (C=O) groups is 1. The van der Waals surface area contributed by atoms with E-state index >= 15 is 0 Å². The molecule has 0 saturated carbocycles. The molecule has 0 N–H and O–H groups in total. The van der Waals surface area contributed by atoms with E-state index in [1.807, 2.05) is 20.8 Å². The van der Waals surface area contributed by atoms with E-state index < -0.39 is 5.82 Å². The lowest BCUT2D eigenvalue weighted by Crippen LogP contribution is -1.99. The molecule has 1 heterocycles. The van der Waals surface area contributed by atoms with Gasteiger partial charge in [-0.2, -0.15) is 0 Å². The monoisotopic (exact) mass is 276 g/mol. The number of aryl methyl sites for hydroxylation is 2. The molecular formula is C14H13FN2OS. The van der Waals surface area contributed by atoms with Crippen molar-refractivity contribution in [1.29, 1.82) is 0 Å². The van der Waals surface area contributed by atoms with Gasteiger partial charge in [0.2, 0.25) is 0 Å². The van der Waals surface area contributed by atoms with Crippen LogP contribution in [-0.4, -0.2) is 16.3 Å². The van der Waals surface area contributed by atoms with Gasteiger partial charge in [0.1, 0.15) is 5.82 Å². The molecule has 0 bridgehead atoms. The number of benzene rings is 1. The molecule has 1 aromatic heterocycles. The highest BCUT2D eigenvalue weighted by Gasteiger charge is 2.13. The number of aromatic nitrogens is 2. The number of carbonyl (C=O) groups excluding carboxylic acids is 1. The molecule has 0 aliphatic carbocycles. The molecule has 2 aromatic rings. The molecule has 0 fully saturated rings. The van der Waals surface area contributed by atoms with Crippen LogP contribution in [0.3, 0.4) is 0 Å². The normalized spacial score (nSPS) is 10.5. The number of halogens is 1. The van der Waals surface area contributed by atoms with Gasteiger partial charge in [-0.15, -0.1) is 0 Å². The van der Waals surface area contributed by atoms with Crippen LogP contribution < -0.4 is 0 Å². The Morgan fingerprint density at radius 2 is 1.79 bits per heavy atom. The summed E-state index contributed by atoms with van der Waals surface area (Å²) in [6.45, 7) is 5.71. The SMILES string of the molecule is Cc1nc(Sc2c(F)cccc2C=O)nc(C)c1C. The van der Waals surface area contributed by atoms with E-state index in [9.17, 15) is 9.18 Å². The van der Waals surface area contributed by atoms with Gasteiger partial charge < -0.3 is 0 Å². The van der Waals surface area contributed by atoms with E-state index in [0.717, 1.165) is 28.7 Å². The van der Waals surface area contributed by atoms with Gasteiger partial charge in [0.25, 0.3) is 0 Å². The van der Waals surface area contributed by atoms with Crippen molar-refractivity contribution in [3.05, 3.63) is 46.5 Å². The molecule has 0 aliphatic rings. The molecule has 0 atom stereocenters. The molecule has 0 unspecified atom stereocenters. The largest absolute Gasteiger partial charge is 0.298 e. The minimum absolute atomic E-state index is 0.264. The van der Waals surface area contributed by atoms with E-state index in [1.54, 1.807) is 6.07 Å². The summed E-state index contributed by atoms with van der Waals surface area (Å²) >= 11 is 1.07. The Morgan fingerprint density at radius 3 is 2.37 bits per heavy atom. The molecule has 5 heteroatoms. The highest BCUT2D eigenvalue weighted by Crippen LogP contribution is 2.30. The van der Waals surface area contributed by atoms with E-state index in [2.05, 4.69) is 9.97 Å². The zero-order chi connectivity index (χ0) is 14.0. The van der Waals surface area contributed by atoms with Gasteiger partial charge in [0, 0.05) is 17.0 Å². The quantitative estimate of drug-likeness (QED) is 0.635. The lowest BCUT2D eigenvalue weighted by molar-refractivity contribution is 0.112. The second-order valence-electron chi connectivity index (χ2n) is 4.18. The molecule has 2 rings (SSSR count). The topological polar surface area (TPSA) is 42.9 Å². The second kappa shape index (κ2) is 5.48. The number of hydrogen-bond acceptors (Lipinski definition) is 4. The Balaban J connectivity index is 2.44. The van der Waals surface area contributed by atoms with Gasteiger partial charge in [0.05, 0.1) is 4.90 Å². The third-order valence-electron chi connectivity index (χ3n) is 2.93. The van der Waals surface area contributed by atoms with E-state index in [0.29, 0.717) is 17.0 Å². The molecule has 1 aromatic carbocycles. The van der Waals surface area contributed by atoms with Crippen molar-refractivity contribution in [2.24, 2.45) is 0 Å². The number of aldehydes is 1. The summed E-state index contributed by atoms with van der Waals surface area (Å²) in [5, 5.41) is 0.453. The minimum Gasteiger partial charge on any atom is -0.298 e. The minimum atomic E-state index is -0.436. The van der Waals surface area contributed by atoms with E-state index in [-0.39, 0.29) is 4.90 Å². The molecule has 0 radical (unpaired) electrons. The van der Waals surface area contributed by atoms with Crippen molar-refractivity contribution >= 4 is 18.0 Å². The summed E-state index contributed by atoms with van der Waals surface area (Å²) in [5.41, 5.74) is 3.05. The Kier molecular flexibility index (Phi) is 3.95. The maximum absolute atomic E-state index is 13.8. The van der Waals surface area contributed by atoms with Gasteiger partial charge in [-0.3, -0.25) is 4.79 Å².